The molecule has 2 atom stereocenters. The van der Waals surface area contributed by atoms with Crippen LogP contribution in [0.4, 0.5) is 0 Å². The number of fused-ring (bicyclic) bond motifs is 1. The molecule has 0 bridgehead atoms. The van der Waals surface area contributed by atoms with Crippen LogP contribution in [0.15, 0.2) is 59.0 Å². The molecule has 8 nitrogen and oxygen atoms in total. The summed E-state index contributed by atoms with van der Waals surface area (Å²) in [5.74, 6) is -1.65. The van der Waals surface area contributed by atoms with Crippen molar-refractivity contribution in [2.45, 2.75) is 32.9 Å². The molecule has 158 valence electrons. The molecule has 1 aliphatic rings. The number of hydrogen-bond acceptors (Lipinski definition) is 7. The minimum Gasteiger partial charge on any atom is -0.451 e. The van der Waals surface area contributed by atoms with E-state index in [4.69, 9.17) is 9.15 Å². The Morgan fingerprint density at radius 2 is 1.48 bits per heavy atom. The van der Waals surface area contributed by atoms with Crippen LogP contribution in [0.2, 0.25) is 0 Å². The summed E-state index contributed by atoms with van der Waals surface area (Å²) >= 11 is 0. The topological polar surface area (TPSA) is 103 Å². The van der Waals surface area contributed by atoms with Crippen molar-refractivity contribution >= 4 is 17.8 Å². The van der Waals surface area contributed by atoms with Crippen molar-refractivity contribution in [3.8, 4) is 11.5 Å². The summed E-state index contributed by atoms with van der Waals surface area (Å²) < 4.78 is 11.2. The highest BCUT2D eigenvalue weighted by Crippen LogP contribution is 2.29. The van der Waals surface area contributed by atoms with E-state index in [0.29, 0.717) is 5.89 Å². The Hall–Kier alpha value is -3.81. The molecule has 1 aromatic heterocycles. The van der Waals surface area contributed by atoms with Gasteiger partial charge in [-0.25, -0.2) is 4.79 Å². The Kier molecular flexibility index (Phi) is 5.37. The Morgan fingerprint density at radius 3 is 2.06 bits per heavy atom. The molecule has 0 aliphatic carbocycles. The third kappa shape index (κ3) is 3.72. The summed E-state index contributed by atoms with van der Waals surface area (Å²) in [4.78, 5) is 39.7. The zero-order valence-electron chi connectivity index (χ0n) is 17.3. The second-order valence-electron chi connectivity index (χ2n) is 7.61. The third-order valence-electron chi connectivity index (χ3n) is 5.08. The predicted octanol–water partition coefficient (Wildman–Crippen LogP) is 3.66. The lowest BCUT2D eigenvalue weighted by molar-refractivity contribution is -0.156. The Balaban J connectivity index is 1.53. The first kappa shape index (κ1) is 20.5. The van der Waals surface area contributed by atoms with Crippen LogP contribution in [0.3, 0.4) is 0 Å². The van der Waals surface area contributed by atoms with Crippen molar-refractivity contribution in [3.05, 3.63) is 71.6 Å². The molecule has 31 heavy (non-hydrogen) atoms. The molecule has 0 unspecified atom stereocenters. The number of imide groups is 1. The van der Waals surface area contributed by atoms with Crippen LogP contribution in [-0.4, -0.2) is 38.9 Å². The van der Waals surface area contributed by atoms with Gasteiger partial charge in [0.2, 0.25) is 5.89 Å². The van der Waals surface area contributed by atoms with E-state index in [1.54, 1.807) is 45.0 Å². The maximum Gasteiger partial charge on any atom is 0.330 e. The molecule has 3 aromatic rings. The van der Waals surface area contributed by atoms with Crippen molar-refractivity contribution in [3.63, 3.8) is 0 Å². The van der Waals surface area contributed by atoms with E-state index < -0.39 is 29.9 Å². The Bertz CT molecular complexity index is 1100. The van der Waals surface area contributed by atoms with Gasteiger partial charge in [0.05, 0.1) is 11.1 Å². The number of esters is 1. The monoisotopic (exact) mass is 419 g/mol. The molecule has 2 amide bonds. The van der Waals surface area contributed by atoms with E-state index in [0.717, 1.165) is 10.5 Å². The smallest absolute Gasteiger partial charge is 0.330 e. The molecule has 0 spiro atoms. The summed E-state index contributed by atoms with van der Waals surface area (Å²) in [7, 11) is 0. The van der Waals surface area contributed by atoms with E-state index in [2.05, 4.69) is 10.2 Å². The number of carbonyl (C=O) groups excluding carboxylic acids is 3. The van der Waals surface area contributed by atoms with Gasteiger partial charge in [0.1, 0.15) is 6.04 Å². The quantitative estimate of drug-likeness (QED) is 0.444. The number of carbonyl (C=O) groups is 3. The first-order valence-corrected chi connectivity index (χ1v) is 9.94. The molecular weight excluding hydrogens is 398 g/mol. The van der Waals surface area contributed by atoms with Crippen molar-refractivity contribution in [2.75, 3.05) is 0 Å². The van der Waals surface area contributed by atoms with Crippen molar-refractivity contribution < 1.29 is 23.5 Å². The Labute approximate surface area is 178 Å². The Morgan fingerprint density at radius 1 is 0.903 bits per heavy atom. The normalized spacial score (nSPS) is 15.2. The van der Waals surface area contributed by atoms with E-state index in [9.17, 15) is 14.4 Å². The van der Waals surface area contributed by atoms with Crippen LogP contribution in [0, 0.1) is 5.92 Å². The van der Waals surface area contributed by atoms with Gasteiger partial charge in [0.15, 0.2) is 6.10 Å². The van der Waals surface area contributed by atoms with Gasteiger partial charge in [0.25, 0.3) is 17.7 Å². The molecule has 4 rings (SSSR count). The molecule has 0 saturated heterocycles. The standard InChI is InChI=1S/C23H21N3O5/c1-13(2)18(26-21(27)16-11-7-8-12-17(16)22(26)28)23(29)30-14(3)19-24-25-20(31-19)15-9-5-4-6-10-15/h4-14,18H,1-3H3/t14-,18-/m1/s1. The summed E-state index contributed by atoms with van der Waals surface area (Å²) in [5, 5.41) is 7.97. The zero-order valence-corrected chi connectivity index (χ0v) is 17.3. The van der Waals surface area contributed by atoms with Crippen LogP contribution < -0.4 is 0 Å². The van der Waals surface area contributed by atoms with Crippen LogP contribution >= 0.6 is 0 Å². The number of amides is 2. The van der Waals surface area contributed by atoms with Crippen LogP contribution in [-0.2, 0) is 9.53 Å². The minimum atomic E-state index is -1.08. The highest BCUT2D eigenvalue weighted by atomic mass is 16.6. The number of hydrogen-bond donors (Lipinski definition) is 0. The van der Waals surface area contributed by atoms with E-state index >= 15 is 0 Å². The number of ether oxygens (including phenoxy) is 1. The number of nitrogens with zero attached hydrogens (tertiary/aromatic N) is 3. The van der Waals surface area contributed by atoms with E-state index in [1.165, 1.54) is 0 Å². The first-order chi connectivity index (χ1) is 14.9. The second-order valence-corrected chi connectivity index (χ2v) is 7.61. The van der Waals surface area contributed by atoms with Gasteiger partial charge >= 0.3 is 5.97 Å². The average molecular weight is 419 g/mol. The van der Waals surface area contributed by atoms with Crippen LogP contribution in [0.5, 0.6) is 0 Å². The van der Waals surface area contributed by atoms with Crippen LogP contribution in [0.1, 0.15) is 53.5 Å². The van der Waals surface area contributed by atoms with Crippen LogP contribution in [0.25, 0.3) is 11.5 Å². The lowest BCUT2D eigenvalue weighted by Gasteiger charge is -2.28. The largest absolute Gasteiger partial charge is 0.451 e. The summed E-state index contributed by atoms with van der Waals surface area (Å²) in [6, 6.07) is 14.6. The molecule has 0 fully saturated rings. The average Bonchev–Trinajstić information content (AvgIpc) is 3.35. The van der Waals surface area contributed by atoms with Gasteiger partial charge in [-0.3, -0.25) is 14.5 Å². The lowest BCUT2D eigenvalue weighted by atomic mass is 10.0. The van der Waals surface area contributed by atoms with Gasteiger partial charge in [-0.2, -0.15) is 0 Å². The third-order valence-corrected chi connectivity index (χ3v) is 5.08. The van der Waals surface area contributed by atoms with Gasteiger partial charge in [0, 0.05) is 5.56 Å². The second kappa shape index (κ2) is 8.14. The molecule has 2 aromatic carbocycles. The number of rotatable bonds is 6. The maximum absolute atomic E-state index is 13.0. The molecule has 0 N–H and O–H groups in total. The fourth-order valence-corrected chi connectivity index (χ4v) is 3.53. The van der Waals surface area contributed by atoms with Crippen molar-refractivity contribution in [1.82, 2.24) is 15.1 Å². The molecule has 0 saturated carbocycles. The molecule has 2 heterocycles. The minimum absolute atomic E-state index is 0.122. The number of aromatic nitrogens is 2. The summed E-state index contributed by atoms with van der Waals surface area (Å²) in [6.07, 6.45) is -0.853. The van der Waals surface area contributed by atoms with E-state index in [-0.39, 0.29) is 22.9 Å². The number of benzene rings is 2. The summed E-state index contributed by atoms with van der Waals surface area (Å²) in [6.45, 7) is 5.10. The van der Waals surface area contributed by atoms with Crippen molar-refractivity contribution in [1.29, 1.82) is 0 Å². The maximum atomic E-state index is 13.0. The molecule has 0 radical (unpaired) electrons. The molecular formula is C23H21N3O5. The van der Waals surface area contributed by atoms with E-state index in [1.807, 2.05) is 30.3 Å². The predicted molar refractivity (Wildman–Crippen MR) is 110 cm³/mol. The van der Waals surface area contributed by atoms with Gasteiger partial charge in [-0.1, -0.05) is 44.2 Å². The lowest BCUT2D eigenvalue weighted by Crippen LogP contribution is -2.48. The van der Waals surface area contributed by atoms with Gasteiger partial charge < -0.3 is 9.15 Å². The first-order valence-electron chi connectivity index (χ1n) is 9.94. The SMILES string of the molecule is CC(C)[C@H](C(=O)O[C@H](C)c1nnc(-c2ccccc2)o1)N1C(=O)c2ccccc2C1=O. The molecule has 8 heteroatoms. The van der Waals surface area contributed by atoms with Gasteiger partial charge in [-0.05, 0) is 37.1 Å². The summed E-state index contributed by atoms with van der Waals surface area (Å²) in [5.41, 5.74) is 1.30. The van der Waals surface area contributed by atoms with Crippen molar-refractivity contribution in [2.24, 2.45) is 5.92 Å². The highest BCUT2D eigenvalue weighted by Gasteiger charge is 2.45. The molecule has 1 aliphatic heterocycles. The van der Waals surface area contributed by atoms with Gasteiger partial charge in [-0.15, -0.1) is 10.2 Å². The fraction of sp³-hybridized carbons (Fsp3) is 0.261. The highest BCUT2D eigenvalue weighted by molar-refractivity contribution is 6.22. The fourth-order valence-electron chi connectivity index (χ4n) is 3.53. The zero-order chi connectivity index (χ0) is 22.1.